The smallest absolute Gasteiger partial charge is 0.236 e. The number of thioether (sulfide) groups is 1. The standard InChI is InChI=1S/C20H17N5OS2/c26-18(22-19-21-11-12-27-19)14-28-20-24-23-17(13-15-7-3-1-4-8-15)25(20)16-9-5-2-6-10-16/h1-12H,13-14H2,(H,21,22,26). The van der Waals surface area contributed by atoms with Gasteiger partial charge < -0.3 is 5.32 Å². The summed E-state index contributed by atoms with van der Waals surface area (Å²) in [7, 11) is 0. The fourth-order valence-electron chi connectivity index (χ4n) is 2.69. The van der Waals surface area contributed by atoms with Gasteiger partial charge in [-0.1, -0.05) is 60.3 Å². The molecule has 0 saturated heterocycles. The Balaban J connectivity index is 1.55. The maximum absolute atomic E-state index is 12.2. The van der Waals surface area contributed by atoms with E-state index >= 15 is 0 Å². The summed E-state index contributed by atoms with van der Waals surface area (Å²) in [5, 5.41) is 14.6. The summed E-state index contributed by atoms with van der Waals surface area (Å²) >= 11 is 2.75. The van der Waals surface area contributed by atoms with Gasteiger partial charge in [-0.2, -0.15) is 0 Å². The summed E-state index contributed by atoms with van der Waals surface area (Å²) in [6.45, 7) is 0. The number of hydrogen-bond donors (Lipinski definition) is 1. The van der Waals surface area contributed by atoms with E-state index in [1.807, 2.05) is 58.5 Å². The molecule has 0 unspecified atom stereocenters. The molecule has 1 N–H and O–H groups in total. The van der Waals surface area contributed by atoms with Gasteiger partial charge in [0.1, 0.15) is 5.82 Å². The molecule has 6 nitrogen and oxygen atoms in total. The lowest BCUT2D eigenvalue weighted by atomic mass is 10.1. The van der Waals surface area contributed by atoms with Gasteiger partial charge in [-0.25, -0.2) is 4.98 Å². The normalized spacial score (nSPS) is 10.7. The fraction of sp³-hybridized carbons (Fsp3) is 0.100. The van der Waals surface area contributed by atoms with Crippen LogP contribution in [0, 0.1) is 0 Å². The van der Waals surface area contributed by atoms with Crippen LogP contribution in [0.25, 0.3) is 5.69 Å². The number of nitrogens with one attached hydrogen (secondary N) is 1. The molecule has 0 aliphatic heterocycles. The molecule has 2 heterocycles. The zero-order chi connectivity index (χ0) is 19.2. The molecular weight excluding hydrogens is 390 g/mol. The monoisotopic (exact) mass is 407 g/mol. The lowest BCUT2D eigenvalue weighted by molar-refractivity contribution is -0.113. The van der Waals surface area contributed by atoms with Crippen LogP contribution in [0.1, 0.15) is 11.4 Å². The molecule has 0 atom stereocenters. The van der Waals surface area contributed by atoms with E-state index in [0.717, 1.165) is 17.1 Å². The molecule has 4 rings (SSSR count). The van der Waals surface area contributed by atoms with Crippen LogP contribution in [-0.4, -0.2) is 31.4 Å². The summed E-state index contributed by atoms with van der Waals surface area (Å²) in [5.74, 6) is 0.947. The second-order valence-corrected chi connectivity index (χ2v) is 7.74. The van der Waals surface area contributed by atoms with Gasteiger partial charge in [-0.05, 0) is 17.7 Å². The van der Waals surface area contributed by atoms with E-state index in [4.69, 9.17) is 0 Å². The Morgan fingerprint density at radius 3 is 2.50 bits per heavy atom. The summed E-state index contributed by atoms with van der Waals surface area (Å²) in [6.07, 6.45) is 2.32. The first-order chi connectivity index (χ1) is 13.8. The van der Waals surface area contributed by atoms with Crippen molar-refractivity contribution >= 4 is 34.1 Å². The number of nitrogens with zero attached hydrogens (tertiary/aromatic N) is 4. The van der Waals surface area contributed by atoms with Crippen molar-refractivity contribution in [2.75, 3.05) is 11.1 Å². The van der Waals surface area contributed by atoms with Gasteiger partial charge in [0.15, 0.2) is 10.3 Å². The van der Waals surface area contributed by atoms with Gasteiger partial charge in [-0.3, -0.25) is 9.36 Å². The minimum Gasteiger partial charge on any atom is -0.301 e. The van der Waals surface area contributed by atoms with Crippen LogP contribution in [-0.2, 0) is 11.2 Å². The third-order valence-electron chi connectivity index (χ3n) is 3.93. The number of thiazole rings is 1. The Morgan fingerprint density at radius 1 is 1.04 bits per heavy atom. The summed E-state index contributed by atoms with van der Waals surface area (Å²) in [4.78, 5) is 16.3. The zero-order valence-electron chi connectivity index (χ0n) is 14.9. The van der Waals surface area contributed by atoms with Gasteiger partial charge in [0.2, 0.25) is 5.91 Å². The minimum atomic E-state index is -0.118. The Bertz CT molecular complexity index is 1030. The molecule has 140 valence electrons. The third kappa shape index (κ3) is 4.47. The SMILES string of the molecule is O=C(CSc1nnc(Cc2ccccc2)n1-c1ccccc1)Nc1nccs1. The average Bonchev–Trinajstić information content (AvgIpc) is 3.38. The van der Waals surface area contributed by atoms with Crippen molar-refractivity contribution < 1.29 is 4.79 Å². The highest BCUT2D eigenvalue weighted by Crippen LogP contribution is 2.24. The quantitative estimate of drug-likeness (QED) is 0.468. The van der Waals surface area contributed by atoms with E-state index in [-0.39, 0.29) is 11.7 Å². The molecule has 28 heavy (non-hydrogen) atoms. The lowest BCUT2D eigenvalue weighted by Gasteiger charge is -2.10. The number of hydrogen-bond acceptors (Lipinski definition) is 6. The summed E-state index contributed by atoms with van der Waals surface area (Å²) < 4.78 is 2.01. The lowest BCUT2D eigenvalue weighted by Crippen LogP contribution is -2.14. The average molecular weight is 408 g/mol. The summed E-state index contributed by atoms with van der Waals surface area (Å²) in [6, 6.07) is 20.1. The number of rotatable bonds is 7. The Labute approximate surface area is 170 Å². The van der Waals surface area contributed by atoms with E-state index in [1.165, 1.54) is 23.1 Å². The number of aromatic nitrogens is 4. The number of carbonyl (C=O) groups is 1. The highest BCUT2D eigenvalue weighted by atomic mass is 32.2. The number of anilines is 1. The molecule has 4 aromatic rings. The van der Waals surface area contributed by atoms with Crippen LogP contribution in [0.3, 0.4) is 0 Å². The van der Waals surface area contributed by atoms with E-state index < -0.39 is 0 Å². The second-order valence-electron chi connectivity index (χ2n) is 5.91. The zero-order valence-corrected chi connectivity index (χ0v) is 16.5. The van der Waals surface area contributed by atoms with E-state index in [1.54, 1.807) is 6.20 Å². The molecule has 0 aliphatic carbocycles. The van der Waals surface area contributed by atoms with Crippen molar-refractivity contribution in [3.63, 3.8) is 0 Å². The van der Waals surface area contributed by atoms with Crippen LogP contribution in [0.4, 0.5) is 5.13 Å². The predicted octanol–water partition coefficient (Wildman–Crippen LogP) is 4.05. The molecule has 0 saturated carbocycles. The number of benzene rings is 2. The highest BCUT2D eigenvalue weighted by Gasteiger charge is 2.16. The fourth-order valence-corrected chi connectivity index (χ4v) is 4.01. The third-order valence-corrected chi connectivity index (χ3v) is 5.55. The maximum Gasteiger partial charge on any atom is 0.236 e. The Morgan fingerprint density at radius 2 is 1.79 bits per heavy atom. The molecule has 0 aliphatic rings. The Kier molecular flexibility index (Phi) is 5.79. The maximum atomic E-state index is 12.2. The minimum absolute atomic E-state index is 0.118. The second kappa shape index (κ2) is 8.81. The van der Waals surface area contributed by atoms with Crippen LogP contribution in [0.2, 0.25) is 0 Å². The molecule has 8 heteroatoms. The van der Waals surface area contributed by atoms with Crippen molar-refractivity contribution in [1.82, 2.24) is 19.7 Å². The van der Waals surface area contributed by atoms with Crippen LogP contribution < -0.4 is 5.32 Å². The van der Waals surface area contributed by atoms with Crippen molar-refractivity contribution in [2.45, 2.75) is 11.6 Å². The van der Waals surface area contributed by atoms with E-state index in [9.17, 15) is 4.79 Å². The molecule has 0 bridgehead atoms. The van der Waals surface area contributed by atoms with Gasteiger partial charge in [0.05, 0.1) is 5.75 Å². The highest BCUT2D eigenvalue weighted by molar-refractivity contribution is 7.99. The Hall–Kier alpha value is -2.97. The number of para-hydroxylation sites is 1. The summed E-state index contributed by atoms with van der Waals surface area (Å²) in [5.41, 5.74) is 2.13. The van der Waals surface area contributed by atoms with E-state index in [2.05, 4.69) is 32.6 Å². The molecule has 2 aromatic carbocycles. The molecule has 0 radical (unpaired) electrons. The van der Waals surface area contributed by atoms with Gasteiger partial charge in [0, 0.05) is 23.7 Å². The van der Waals surface area contributed by atoms with Gasteiger partial charge in [0.25, 0.3) is 0 Å². The molecule has 0 fully saturated rings. The van der Waals surface area contributed by atoms with Crippen LogP contribution in [0.15, 0.2) is 77.4 Å². The van der Waals surface area contributed by atoms with Gasteiger partial charge in [-0.15, -0.1) is 21.5 Å². The molecule has 0 spiro atoms. The van der Waals surface area contributed by atoms with Crippen molar-refractivity contribution in [2.24, 2.45) is 0 Å². The van der Waals surface area contributed by atoms with Crippen LogP contribution in [0.5, 0.6) is 0 Å². The molecule has 1 amide bonds. The first kappa shape index (κ1) is 18.4. The van der Waals surface area contributed by atoms with Crippen molar-refractivity contribution in [3.8, 4) is 5.69 Å². The molecular formula is C20H17N5OS2. The van der Waals surface area contributed by atoms with Crippen molar-refractivity contribution in [3.05, 3.63) is 83.6 Å². The first-order valence-corrected chi connectivity index (χ1v) is 10.5. The van der Waals surface area contributed by atoms with Crippen molar-refractivity contribution in [1.29, 1.82) is 0 Å². The van der Waals surface area contributed by atoms with Crippen LogP contribution >= 0.6 is 23.1 Å². The largest absolute Gasteiger partial charge is 0.301 e. The number of amides is 1. The topological polar surface area (TPSA) is 72.7 Å². The number of carbonyl (C=O) groups excluding carboxylic acids is 1. The van der Waals surface area contributed by atoms with E-state index in [0.29, 0.717) is 16.7 Å². The molecule has 2 aromatic heterocycles. The predicted molar refractivity (Wildman–Crippen MR) is 112 cm³/mol. The first-order valence-electron chi connectivity index (χ1n) is 8.65. The van der Waals surface area contributed by atoms with Gasteiger partial charge >= 0.3 is 0 Å².